The lowest BCUT2D eigenvalue weighted by Crippen LogP contribution is -2.08. The molecule has 1 aromatic heterocycles. The Kier molecular flexibility index (Phi) is 3.89. The quantitative estimate of drug-likeness (QED) is 0.548. The van der Waals surface area contributed by atoms with Crippen molar-refractivity contribution >= 4 is 21.8 Å². The molecule has 0 aliphatic carbocycles. The van der Waals surface area contributed by atoms with Crippen LogP contribution in [0.2, 0.25) is 0 Å². The molecule has 4 heteroatoms. The molecule has 120 valence electrons. The third-order valence-corrected chi connectivity index (χ3v) is 4.10. The fourth-order valence-electron chi connectivity index (χ4n) is 2.97. The molecular formula is C20H18N2O2. The summed E-state index contributed by atoms with van der Waals surface area (Å²) in [6.07, 6.45) is 0. The summed E-state index contributed by atoms with van der Waals surface area (Å²) in [5.74, 6) is 1.72. The Hall–Kier alpha value is -2.85. The molecule has 0 fully saturated rings. The summed E-state index contributed by atoms with van der Waals surface area (Å²) < 4.78 is 13.4. The van der Waals surface area contributed by atoms with Gasteiger partial charge in [-0.2, -0.15) is 0 Å². The van der Waals surface area contributed by atoms with Gasteiger partial charge in [0.1, 0.15) is 24.9 Å². The Labute approximate surface area is 140 Å². The molecule has 0 saturated heterocycles. The minimum absolute atomic E-state index is 0.395. The van der Waals surface area contributed by atoms with E-state index in [-0.39, 0.29) is 0 Å². The van der Waals surface area contributed by atoms with Crippen LogP contribution in [0.25, 0.3) is 21.8 Å². The monoisotopic (exact) mass is 318 g/mol. The fourth-order valence-corrected chi connectivity index (χ4v) is 2.97. The summed E-state index contributed by atoms with van der Waals surface area (Å²) in [4.78, 5) is 4.68. The van der Waals surface area contributed by atoms with Crippen LogP contribution < -0.4 is 4.74 Å². The van der Waals surface area contributed by atoms with Crippen molar-refractivity contribution < 1.29 is 9.47 Å². The average Bonchev–Trinajstić information content (AvgIpc) is 2.98. The molecule has 0 saturated carbocycles. The fraction of sp³-hybridized carbons (Fsp3) is 0.150. The number of hydrogen-bond acceptors (Lipinski definition) is 3. The van der Waals surface area contributed by atoms with Crippen LogP contribution in [0, 0.1) is 0 Å². The van der Waals surface area contributed by atoms with Crippen molar-refractivity contribution in [3.63, 3.8) is 0 Å². The second-order valence-electron chi connectivity index (χ2n) is 5.63. The predicted molar refractivity (Wildman–Crippen MR) is 95.0 cm³/mol. The summed E-state index contributed by atoms with van der Waals surface area (Å²) in [7, 11) is 1.68. The van der Waals surface area contributed by atoms with Crippen LogP contribution in [0.4, 0.5) is 0 Å². The molecule has 0 amide bonds. The van der Waals surface area contributed by atoms with Crippen molar-refractivity contribution in [2.45, 2.75) is 13.3 Å². The van der Waals surface area contributed by atoms with Gasteiger partial charge in [-0.3, -0.25) is 0 Å². The van der Waals surface area contributed by atoms with Crippen LogP contribution in [0.5, 0.6) is 5.75 Å². The van der Waals surface area contributed by atoms with Gasteiger partial charge in [-0.25, -0.2) is 4.98 Å². The molecule has 0 aliphatic rings. The highest BCUT2D eigenvalue weighted by Gasteiger charge is 2.11. The van der Waals surface area contributed by atoms with Gasteiger partial charge >= 0.3 is 0 Å². The van der Waals surface area contributed by atoms with Crippen LogP contribution in [-0.4, -0.2) is 16.7 Å². The van der Waals surface area contributed by atoms with Crippen molar-refractivity contribution in [1.29, 1.82) is 0 Å². The smallest absolute Gasteiger partial charge is 0.149 e. The molecule has 1 heterocycles. The van der Waals surface area contributed by atoms with Crippen molar-refractivity contribution in [2.75, 3.05) is 7.11 Å². The van der Waals surface area contributed by atoms with Gasteiger partial charge in [0.25, 0.3) is 0 Å². The molecule has 0 aliphatic heterocycles. The SMILES string of the molecule is COCn1c(COc2cccc3ccccc23)nc2ccccc21. The summed E-state index contributed by atoms with van der Waals surface area (Å²) in [5.41, 5.74) is 2.00. The Morgan fingerprint density at radius 3 is 2.62 bits per heavy atom. The van der Waals surface area contributed by atoms with Gasteiger partial charge in [0.05, 0.1) is 11.0 Å². The first kappa shape index (κ1) is 14.7. The second-order valence-corrected chi connectivity index (χ2v) is 5.63. The normalized spacial score (nSPS) is 11.2. The molecule has 4 aromatic rings. The Bertz CT molecular complexity index is 986. The molecule has 0 N–H and O–H groups in total. The molecule has 0 bridgehead atoms. The van der Waals surface area contributed by atoms with Gasteiger partial charge < -0.3 is 14.0 Å². The molecular weight excluding hydrogens is 300 g/mol. The zero-order valence-corrected chi connectivity index (χ0v) is 13.5. The van der Waals surface area contributed by atoms with Gasteiger partial charge in [0, 0.05) is 12.5 Å². The first-order valence-electron chi connectivity index (χ1n) is 7.90. The molecule has 4 rings (SSSR count). The van der Waals surface area contributed by atoms with Crippen molar-refractivity contribution in [3.8, 4) is 5.75 Å². The van der Waals surface area contributed by atoms with Gasteiger partial charge in [0.15, 0.2) is 0 Å². The third-order valence-electron chi connectivity index (χ3n) is 4.10. The lowest BCUT2D eigenvalue weighted by atomic mass is 10.1. The topological polar surface area (TPSA) is 36.3 Å². The highest BCUT2D eigenvalue weighted by molar-refractivity contribution is 5.88. The maximum Gasteiger partial charge on any atom is 0.149 e. The summed E-state index contributed by atoms with van der Waals surface area (Å²) in [6, 6.07) is 22.3. The summed E-state index contributed by atoms with van der Waals surface area (Å²) in [6.45, 7) is 0.848. The number of fused-ring (bicyclic) bond motifs is 2. The van der Waals surface area contributed by atoms with E-state index in [4.69, 9.17) is 9.47 Å². The predicted octanol–water partition coefficient (Wildman–Crippen LogP) is 4.37. The number of hydrogen-bond donors (Lipinski definition) is 0. The van der Waals surface area contributed by atoms with Gasteiger partial charge in [-0.05, 0) is 23.6 Å². The van der Waals surface area contributed by atoms with Crippen molar-refractivity contribution in [1.82, 2.24) is 9.55 Å². The molecule has 24 heavy (non-hydrogen) atoms. The average molecular weight is 318 g/mol. The van der Waals surface area contributed by atoms with Crippen LogP contribution in [0.15, 0.2) is 66.7 Å². The van der Waals surface area contributed by atoms with Crippen LogP contribution in [-0.2, 0) is 18.1 Å². The first-order valence-corrected chi connectivity index (χ1v) is 7.90. The molecule has 0 spiro atoms. The number of nitrogens with zero attached hydrogens (tertiary/aromatic N) is 2. The second kappa shape index (κ2) is 6.34. The van der Waals surface area contributed by atoms with E-state index in [1.54, 1.807) is 7.11 Å². The van der Waals surface area contributed by atoms with Crippen LogP contribution >= 0.6 is 0 Å². The Morgan fingerprint density at radius 1 is 0.917 bits per heavy atom. The first-order chi connectivity index (χ1) is 11.9. The zero-order valence-electron chi connectivity index (χ0n) is 13.5. The van der Waals surface area contributed by atoms with E-state index in [0.717, 1.165) is 28.0 Å². The molecule has 0 unspecified atom stereocenters. The molecule has 4 nitrogen and oxygen atoms in total. The van der Waals surface area contributed by atoms with Crippen LogP contribution in [0.3, 0.4) is 0 Å². The summed E-state index contributed by atoms with van der Waals surface area (Å²) >= 11 is 0. The number of methoxy groups -OCH3 is 1. The molecule has 0 atom stereocenters. The number of rotatable bonds is 5. The highest BCUT2D eigenvalue weighted by atomic mass is 16.5. The van der Waals surface area contributed by atoms with Crippen molar-refractivity contribution in [2.24, 2.45) is 0 Å². The standard InChI is InChI=1S/C20H18N2O2/c1-23-14-22-18-11-5-4-10-17(18)21-20(22)13-24-19-12-6-8-15-7-2-3-9-16(15)19/h2-12H,13-14H2,1H3. The maximum atomic E-state index is 6.08. The highest BCUT2D eigenvalue weighted by Crippen LogP contribution is 2.26. The van der Waals surface area contributed by atoms with E-state index in [1.165, 1.54) is 5.39 Å². The van der Waals surface area contributed by atoms with E-state index in [1.807, 2.05) is 53.1 Å². The van der Waals surface area contributed by atoms with Crippen molar-refractivity contribution in [3.05, 3.63) is 72.6 Å². The lowest BCUT2D eigenvalue weighted by Gasteiger charge is -2.11. The van der Waals surface area contributed by atoms with E-state index >= 15 is 0 Å². The van der Waals surface area contributed by atoms with E-state index in [2.05, 4.69) is 23.2 Å². The molecule has 0 radical (unpaired) electrons. The van der Waals surface area contributed by atoms with Gasteiger partial charge in [-0.1, -0.05) is 48.5 Å². The molecule has 3 aromatic carbocycles. The largest absolute Gasteiger partial charge is 0.485 e. The van der Waals surface area contributed by atoms with Gasteiger partial charge in [-0.15, -0.1) is 0 Å². The number of para-hydroxylation sites is 2. The Morgan fingerprint density at radius 2 is 1.71 bits per heavy atom. The number of aromatic nitrogens is 2. The van der Waals surface area contributed by atoms with E-state index < -0.39 is 0 Å². The zero-order chi connectivity index (χ0) is 16.4. The van der Waals surface area contributed by atoms with Gasteiger partial charge in [0.2, 0.25) is 0 Å². The third kappa shape index (κ3) is 2.61. The maximum absolute atomic E-state index is 6.08. The summed E-state index contributed by atoms with van der Waals surface area (Å²) in [5, 5.41) is 2.27. The Balaban J connectivity index is 1.68. The number of benzene rings is 3. The van der Waals surface area contributed by atoms with E-state index in [0.29, 0.717) is 13.3 Å². The minimum Gasteiger partial charge on any atom is -0.485 e. The number of ether oxygens (including phenoxy) is 2. The number of imidazole rings is 1. The minimum atomic E-state index is 0.395. The van der Waals surface area contributed by atoms with Crippen LogP contribution in [0.1, 0.15) is 5.82 Å². The van der Waals surface area contributed by atoms with E-state index in [9.17, 15) is 0 Å². The lowest BCUT2D eigenvalue weighted by molar-refractivity contribution is 0.127.